The van der Waals surface area contributed by atoms with Gasteiger partial charge in [-0.25, -0.2) is 18.6 Å². The van der Waals surface area contributed by atoms with E-state index in [1.807, 2.05) is 29.1 Å². The van der Waals surface area contributed by atoms with Crippen molar-refractivity contribution >= 4 is 18.0 Å². The van der Waals surface area contributed by atoms with E-state index in [4.69, 9.17) is 17.0 Å². The molecule has 154 valence electrons. The smallest absolute Gasteiger partial charge is 0.252 e. The number of aryl methyl sites for hydroxylation is 2. The molecule has 29 heavy (non-hydrogen) atoms. The number of benzene rings is 1. The molecule has 1 saturated heterocycles. The van der Waals surface area contributed by atoms with Gasteiger partial charge in [-0.3, -0.25) is 9.80 Å². The van der Waals surface area contributed by atoms with Crippen LogP contribution in [0.15, 0.2) is 24.3 Å². The molecule has 1 fully saturated rings. The highest BCUT2D eigenvalue weighted by atomic mass is 32.1. The molecule has 9 heteroatoms. The molecule has 0 spiro atoms. The van der Waals surface area contributed by atoms with Gasteiger partial charge in [0.1, 0.15) is 11.6 Å². The Balaban J connectivity index is 1.44. The molecule has 3 heterocycles. The predicted octanol–water partition coefficient (Wildman–Crippen LogP) is 2.80. The van der Waals surface area contributed by atoms with Crippen molar-refractivity contribution in [3.8, 4) is 5.75 Å². The van der Waals surface area contributed by atoms with Crippen molar-refractivity contribution in [3.05, 3.63) is 51.8 Å². The summed E-state index contributed by atoms with van der Waals surface area (Å²) < 4.78 is 23.5. The van der Waals surface area contributed by atoms with Gasteiger partial charge in [-0.1, -0.05) is 0 Å². The lowest BCUT2D eigenvalue weighted by molar-refractivity contribution is 0.0959. The second kappa shape index (κ2) is 8.17. The van der Waals surface area contributed by atoms with E-state index in [2.05, 4.69) is 19.8 Å². The highest BCUT2D eigenvalue weighted by Crippen LogP contribution is 2.22. The van der Waals surface area contributed by atoms with Crippen molar-refractivity contribution in [2.75, 3.05) is 33.3 Å². The number of piperazine rings is 1. The zero-order valence-electron chi connectivity index (χ0n) is 16.9. The number of aromatic nitrogens is 4. The van der Waals surface area contributed by atoms with Crippen LogP contribution in [0, 0.1) is 24.4 Å². The number of ether oxygens (including phenoxy) is 1. The van der Waals surface area contributed by atoms with Crippen LogP contribution in [-0.2, 0) is 13.2 Å². The Kier molecular flexibility index (Phi) is 5.62. The van der Waals surface area contributed by atoms with E-state index in [0.29, 0.717) is 23.8 Å². The summed E-state index contributed by atoms with van der Waals surface area (Å²) in [5.74, 6) is 1.13. The van der Waals surface area contributed by atoms with Gasteiger partial charge < -0.3 is 4.74 Å². The Labute approximate surface area is 174 Å². The fourth-order valence-corrected chi connectivity index (χ4v) is 4.09. The molecule has 1 aliphatic heterocycles. The molecular formula is C20H25FN6OS. The van der Waals surface area contributed by atoms with E-state index in [-0.39, 0.29) is 5.82 Å². The van der Waals surface area contributed by atoms with Gasteiger partial charge in [0.05, 0.1) is 13.8 Å². The molecule has 2 aromatic heterocycles. The normalized spacial score (nSPS) is 15.9. The molecule has 1 aromatic carbocycles. The van der Waals surface area contributed by atoms with Gasteiger partial charge in [-0.15, -0.1) is 0 Å². The molecule has 4 rings (SSSR count). The average molecular weight is 417 g/mol. The van der Waals surface area contributed by atoms with Gasteiger partial charge in [-0.2, -0.15) is 4.98 Å². The van der Waals surface area contributed by atoms with E-state index in [0.717, 1.165) is 48.9 Å². The molecule has 0 radical (unpaired) electrons. The first-order chi connectivity index (χ1) is 13.9. The van der Waals surface area contributed by atoms with Crippen LogP contribution in [0.25, 0.3) is 5.78 Å². The number of halogens is 1. The van der Waals surface area contributed by atoms with Gasteiger partial charge in [0.15, 0.2) is 0 Å². The Morgan fingerprint density at radius 2 is 1.79 bits per heavy atom. The number of rotatable bonds is 5. The lowest BCUT2D eigenvalue weighted by atomic mass is 10.1. The number of fused-ring (bicyclic) bond motifs is 1. The maximum absolute atomic E-state index is 13.6. The largest absolute Gasteiger partial charge is 0.496 e. The third-order valence-electron chi connectivity index (χ3n) is 5.31. The van der Waals surface area contributed by atoms with Gasteiger partial charge in [0.25, 0.3) is 5.78 Å². The van der Waals surface area contributed by atoms with Crippen molar-refractivity contribution < 1.29 is 9.13 Å². The Morgan fingerprint density at radius 3 is 2.52 bits per heavy atom. The summed E-state index contributed by atoms with van der Waals surface area (Å²) in [7, 11) is 1.62. The van der Waals surface area contributed by atoms with Crippen molar-refractivity contribution in [2.24, 2.45) is 0 Å². The standard InChI is InChI=1S/C20H25FN6OS/c1-14-10-15(2)27-19(22-14)23-20(29)26(27)13-25-8-6-24(7-9-25)12-16-11-17(21)4-5-18(16)28-3/h4-5,10-11H,6-9,12-13H2,1-3H3. The highest BCUT2D eigenvalue weighted by Gasteiger charge is 2.20. The van der Waals surface area contributed by atoms with Crippen LogP contribution in [0.3, 0.4) is 0 Å². The fraction of sp³-hybridized carbons (Fsp3) is 0.450. The van der Waals surface area contributed by atoms with Gasteiger partial charge in [0, 0.05) is 49.7 Å². The molecule has 0 unspecified atom stereocenters. The van der Waals surface area contributed by atoms with Crippen molar-refractivity contribution in [2.45, 2.75) is 27.1 Å². The van der Waals surface area contributed by atoms with Gasteiger partial charge in [-0.05, 0) is 50.3 Å². The number of methoxy groups -OCH3 is 1. The average Bonchev–Trinajstić information content (AvgIpc) is 2.98. The van der Waals surface area contributed by atoms with Crippen LogP contribution in [0.4, 0.5) is 4.39 Å². The van der Waals surface area contributed by atoms with Crippen LogP contribution >= 0.6 is 12.2 Å². The lowest BCUT2D eigenvalue weighted by Gasteiger charge is -2.35. The zero-order chi connectivity index (χ0) is 20.5. The van der Waals surface area contributed by atoms with E-state index in [1.165, 1.54) is 6.07 Å². The number of hydrogen-bond acceptors (Lipinski definition) is 6. The monoisotopic (exact) mass is 416 g/mol. The summed E-state index contributed by atoms with van der Waals surface area (Å²) in [6.45, 7) is 8.91. The van der Waals surface area contributed by atoms with Crippen LogP contribution in [0.2, 0.25) is 0 Å². The first-order valence-corrected chi connectivity index (χ1v) is 10.1. The van der Waals surface area contributed by atoms with Gasteiger partial charge >= 0.3 is 0 Å². The maximum atomic E-state index is 13.6. The predicted molar refractivity (Wildman–Crippen MR) is 111 cm³/mol. The third kappa shape index (κ3) is 4.17. The highest BCUT2D eigenvalue weighted by molar-refractivity contribution is 7.71. The third-order valence-corrected chi connectivity index (χ3v) is 5.61. The molecule has 0 N–H and O–H groups in total. The van der Waals surface area contributed by atoms with E-state index in [9.17, 15) is 4.39 Å². The zero-order valence-corrected chi connectivity index (χ0v) is 17.7. The molecule has 1 aliphatic rings. The summed E-state index contributed by atoms with van der Waals surface area (Å²) in [5, 5.41) is 0. The SMILES string of the molecule is COc1ccc(F)cc1CN1CCN(Cn2c(=S)nc3nc(C)cc(C)n32)CC1. The van der Waals surface area contributed by atoms with Crippen molar-refractivity contribution in [1.82, 2.24) is 29.0 Å². The van der Waals surface area contributed by atoms with Gasteiger partial charge in [0.2, 0.25) is 4.77 Å². The van der Waals surface area contributed by atoms with Crippen LogP contribution < -0.4 is 4.74 Å². The van der Waals surface area contributed by atoms with E-state index in [1.54, 1.807) is 19.2 Å². The fourth-order valence-electron chi connectivity index (χ4n) is 3.87. The first-order valence-electron chi connectivity index (χ1n) is 9.65. The molecule has 0 bridgehead atoms. The number of hydrogen-bond donors (Lipinski definition) is 0. The lowest BCUT2D eigenvalue weighted by Crippen LogP contribution is -2.46. The molecule has 0 atom stereocenters. The van der Waals surface area contributed by atoms with Crippen LogP contribution in [-0.4, -0.2) is 62.3 Å². The first kappa shape index (κ1) is 19.9. The van der Waals surface area contributed by atoms with Crippen molar-refractivity contribution in [1.29, 1.82) is 0 Å². The van der Waals surface area contributed by atoms with E-state index >= 15 is 0 Å². The molecule has 3 aromatic rings. The Hall–Kier alpha value is -2.36. The van der Waals surface area contributed by atoms with Crippen molar-refractivity contribution in [3.63, 3.8) is 0 Å². The quantitative estimate of drug-likeness (QED) is 0.596. The molecule has 0 aliphatic carbocycles. The summed E-state index contributed by atoms with van der Waals surface area (Å²) in [6, 6.07) is 6.70. The summed E-state index contributed by atoms with van der Waals surface area (Å²) >= 11 is 5.48. The minimum Gasteiger partial charge on any atom is -0.496 e. The second-order valence-corrected chi connectivity index (χ2v) is 7.80. The minimum absolute atomic E-state index is 0.236. The van der Waals surface area contributed by atoms with E-state index < -0.39 is 0 Å². The minimum atomic E-state index is -0.236. The molecular weight excluding hydrogens is 391 g/mol. The van der Waals surface area contributed by atoms with Crippen LogP contribution in [0.5, 0.6) is 5.75 Å². The second-order valence-electron chi connectivity index (χ2n) is 7.44. The molecule has 7 nitrogen and oxygen atoms in total. The Morgan fingerprint density at radius 1 is 1.07 bits per heavy atom. The summed E-state index contributed by atoms with van der Waals surface area (Å²) in [6.07, 6.45) is 0. The molecule has 0 saturated carbocycles. The topological polar surface area (TPSA) is 50.8 Å². The Bertz CT molecular complexity index is 1090. The maximum Gasteiger partial charge on any atom is 0.252 e. The molecule has 0 amide bonds. The number of nitrogens with zero attached hydrogens (tertiary/aromatic N) is 6. The summed E-state index contributed by atoms with van der Waals surface area (Å²) in [5.41, 5.74) is 2.87. The van der Waals surface area contributed by atoms with Crippen LogP contribution in [0.1, 0.15) is 17.0 Å². The summed E-state index contributed by atoms with van der Waals surface area (Å²) in [4.78, 5) is 13.6.